The molecule has 0 aliphatic carbocycles. The lowest BCUT2D eigenvalue weighted by Gasteiger charge is -2.19. The SMILES string of the molecule is CC(C)(CCc1cccc(C(F)(F)F)c1)C(=O)O. The van der Waals surface area contributed by atoms with Crippen LogP contribution in [0, 0.1) is 5.41 Å². The Labute approximate surface area is 103 Å². The number of benzene rings is 1. The molecule has 5 heteroatoms. The van der Waals surface area contributed by atoms with Gasteiger partial charge in [-0.1, -0.05) is 18.2 Å². The lowest BCUT2D eigenvalue weighted by molar-refractivity contribution is -0.147. The maximum atomic E-state index is 12.5. The number of rotatable bonds is 4. The minimum Gasteiger partial charge on any atom is -0.481 e. The summed E-state index contributed by atoms with van der Waals surface area (Å²) < 4.78 is 37.4. The lowest BCUT2D eigenvalue weighted by Crippen LogP contribution is -2.24. The zero-order chi connectivity index (χ0) is 14.0. The first-order valence-corrected chi connectivity index (χ1v) is 5.52. The lowest BCUT2D eigenvalue weighted by atomic mass is 9.86. The maximum absolute atomic E-state index is 12.5. The molecule has 0 unspecified atom stereocenters. The highest BCUT2D eigenvalue weighted by Crippen LogP contribution is 2.30. The molecule has 0 aromatic heterocycles. The second-order valence-electron chi connectivity index (χ2n) is 4.89. The van der Waals surface area contributed by atoms with Gasteiger partial charge in [0, 0.05) is 0 Å². The van der Waals surface area contributed by atoms with Crippen molar-refractivity contribution in [3.8, 4) is 0 Å². The topological polar surface area (TPSA) is 37.3 Å². The minimum atomic E-state index is -4.36. The zero-order valence-corrected chi connectivity index (χ0v) is 10.2. The van der Waals surface area contributed by atoms with Gasteiger partial charge >= 0.3 is 12.1 Å². The van der Waals surface area contributed by atoms with Crippen molar-refractivity contribution < 1.29 is 23.1 Å². The van der Waals surface area contributed by atoms with Crippen molar-refractivity contribution in [2.45, 2.75) is 32.9 Å². The Morgan fingerprint density at radius 2 is 1.89 bits per heavy atom. The number of carboxylic acids is 1. The normalized spacial score (nSPS) is 12.5. The summed E-state index contributed by atoms with van der Waals surface area (Å²) in [5, 5.41) is 8.92. The van der Waals surface area contributed by atoms with Crippen molar-refractivity contribution in [1.82, 2.24) is 0 Å². The van der Waals surface area contributed by atoms with Gasteiger partial charge in [-0.3, -0.25) is 4.79 Å². The van der Waals surface area contributed by atoms with E-state index in [1.165, 1.54) is 6.07 Å². The molecule has 0 bridgehead atoms. The summed E-state index contributed by atoms with van der Waals surface area (Å²) in [6.45, 7) is 3.12. The third-order valence-corrected chi connectivity index (χ3v) is 2.87. The van der Waals surface area contributed by atoms with Crippen LogP contribution in [0.5, 0.6) is 0 Å². The van der Waals surface area contributed by atoms with Gasteiger partial charge in [0.2, 0.25) is 0 Å². The summed E-state index contributed by atoms with van der Waals surface area (Å²) in [7, 11) is 0. The predicted octanol–water partition coefficient (Wildman–Crippen LogP) is 3.75. The first kappa shape index (κ1) is 14.5. The van der Waals surface area contributed by atoms with Gasteiger partial charge in [0.05, 0.1) is 11.0 Å². The number of hydrogen-bond acceptors (Lipinski definition) is 1. The van der Waals surface area contributed by atoms with Crippen LogP contribution in [0.1, 0.15) is 31.4 Å². The van der Waals surface area contributed by atoms with Crippen LogP contribution in [0.25, 0.3) is 0 Å². The Morgan fingerprint density at radius 3 is 2.39 bits per heavy atom. The Bertz CT molecular complexity index is 436. The smallest absolute Gasteiger partial charge is 0.416 e. The number of hydrogen-bond donors (Lipinski definition) is 1. The standard InChI is InChI=1S/C13H15F3O2/c1-12(2,11(17)18)7-6-9-4-3-5-10(8-9)13(14,15)16/h3-5,8H,6-7H2,1-2H3,(H,17,18). The molecule has 0 aliphatic heterocycles. The summed E-state index contributed by atoms with van der Waals surface area (Å²) in [4.78, 5) is 10.9. The second kappa shape index (κ2) is 5.00. The van der Waals surface area contributed by atoms with E-state index in [0.29, 0.717) is 18.4 Å². The molecule has 100 valence electrons. The Kier molecular flexibility index (Phi) is 4.04. The van der Waals surface area contributed by atoms with Gasteiger partial charge in [0.15, 0.2) is 0 Å². The largest absolute Gasteiger partial charge is 0.481 e. The molecular weight excluding hydrogens is 245 g/mol. The molecule has 2 nitrogen and oxygen atoms in total. The molecule has 0 saturated carbocycles. The molecule has 1 aromatic rings. The van der Waals surface area contributed by atoms with Crippen molar-refractivity contribution in [3.63, 3.8) is 0 Å². The van der Waals surface area contributed by atoms with E-state index in [1.54, 1.807) is 19.9 Å². The van der Waals surface area contributed by atoms with Crippen molar-refractivity contribution in [2.24, 2.45) is 5.41 Å². The fourth-order valence-electron chi connectivity index (χ4n) is 1.47. The third-order valence-electron chi connectivity index (χ3n) is 2.87. The van der Waals surface area contributed by atoms with Crippen LogP contribution in [0.4, 0.5) is 13.2 Å². The Morgan fingerprint density at radius 1 is 1.28 bits per heavy atom. The van der Waals surface area contributed by atoms with Crippen LogP contribution >= 0.6 is 0 Å². The average Bonchev–Trinajstić information content (AvgIpc) is 2.25. The Hall–Kier alpha value is -1.52. The number of alkyl halides is 3. The van der Waals surface area contributed by atoms with Crippen LogP contribution in [-0.4, -0.2) is 11.1 Å². The molecule has 0 atom stereocenters. The quantitative estimate of drug-likeness (QED) is 0.895. The highest BCUT2D eigenvalue weighted by Gasteiger charge is 2.31. The van der Waals surface area contributed by atoms with Crippen LogP contribution < -0.4 is 0 Å². The fourth-order valence-corrected chi connectivity index (χ4v) is 1.47. The van der Waals surface area contributed by atoms with Gasteiger partial charge in [0.1, 0.15) is 0 Å². The van der Waals surface area contributed by atoms with Gasteiger partial charge in [0.25, 0.3) is 0 Å². The van der Waals surface area contributed by atoms with E-state index in [9.17, 15) is 18.0 Å². The van der Waals surface area contributed by atoms with Crippen molar-refractivity contribution in [2.75, 3.05) is 0 Å². The molecule has 0 fully saturated rings. The van der Waals surface area contributed by atoms with Gasteiger partial charge in [-0.05, 0) is 38.3 Å². The van der Waals surface area contributed by atoms with Crippen molar-refractivity contribution >= 4 is 5.97 Å². The van der Waals surface area contributed by atoms with E-state index in [1.807, 2.05) is 0 Å². The van der Waals surface area contributed by atoms with E-state index in [2.05, 4.69) is 0 Å². The van der Waals surface area contributed by atoms with E-state index in [4.69, 9.17) is 5.11 Å². The summed E-state index contributed by atoms with van der Waals surface area (Å²) >= 11 is 0. The maximum Gasteiger partial charge on any atom is 0.416 e. The van der Waals surface area contributed by atoms with Crippen LogP contribution in [-0.2, 0) is 17.4 Å². The van der Waals surface area contributed by atoms with Crippen LogP contribution in [0.3, 0.4) is 0 Å². The summed E-state index contributed by atoms with van der Waals surface area (Å²) in [5.41, 5.74) is -1.14. The Balaban J connectivity index is 2.78. The molecule has 1 rings (SSSR count). The van der Waals surface area contributed by atoms with E-state index in [0.717, 1.165) is 12.1 Å². The summed E-state index contributed by atoms with van der Waals surface area (Å²) in [6, 6.07) is 4.99. The number of aliphatic carboxylic acids is 1. The van der Waals surface area contributed by atoms with Gasteiger partial charge in [-0.2, -0.15) is 13.2 Å². The molecule has 18 heavy (non-hydrogen) atoms. The monoisotopic (exact) mass is 260 g/mol. The molecule has 0 heterocycles. The second-order valence-corrected chi connectivity index (χ2v) is 4.89. The molecule has 0 radical (unpaired) electrons. The first-order chi connectivity index (χ1) is 8.13. The molecule has 0 spiro atoms. The fraction of sp³-hybridized carbons (Fsp3) is 0.462. The molecule has 1 aromatic carbocycles. The van der Waals surface area contributed by atoms with Gasteiger partial charge < -0.3 is 5.11 Å². The molecular formula is C13H15F3O2. The molecule has 0 amide bonds. The average molecular weight is 260 g/mol. The van der Waals surface area contributed by atoms with Gasteiger partial charge in [-0.25, -0.2) is 0 Å². The number of carboxylic acid groups (broad SMARTS) is 1. The summed E-state index contributed by atoms with van der Waals surface area (Å²) in [6.07, 6.45) is -3.76. The summed E-state index contributed by atoms with van der Waals surface area (Å²) in [5.74, 6) is -0.950. The molecule has 1 N–H and O–H groups in total. The number of halogens is 3. The third kappa shape index (κ3) is 3.75. The molecule has 0 saturated heterocycles. The highest BCUT2D eigenvalue weighted by molar-refractivity contribution is 5.73. The van der Waals surface area contributed by atoms with E-state index in [-0.39, 0.29) is 0 Å². The van der Waals surface area contributed by atoms with Crippen molar-refractivity contribution in [1.29, 1.82) is 0 Å². The number of carbonyl (C=O) groups is 1. The first-order valence-electron chi connectivity index (χ1n) is 5.52. The van der Waals surface area contributed by atoms with E-state index < -0.39 is 23.1 Å². The predicted molar refractivity (Wildman–Crippen MR) is 61.2 cm³/mol. The highest BCUT2D eigenvalue weighted by atomic mass is 19.4. The zero-order valence-electron chi connectivity index (χ0n) is 10.2. The minimum absolute atomic E-state index is 0.295. The van der Waals surface area contributed by atoms with Crippen molar-refractivity contribution in [3.05, 3.63) is 35.4 Å². The number of aryl methyl sites for hydroxylation is 1. The van der Waals surface area contributed by atoms with Crippen LogP contribution in [0.15, 0.2) is 24.3 Å². The molecule has 0 aliphatic rings. The van der Waals surface area contributed by atoms with Crippen LogP contribution in [0.2, 0.25) is 0 Å². The van der Waals surface area contributed by atoms with Gasteiger partial charge in [-0.15, -0.1) is 0 Å². The van der Waals surface area contributed by atoms with E-state index >= 15 is 0 Å².